The van der Waals surface area contributed by atoms with E-state index in [1.165, 1.54) is 11.0 Å². The van der Waals surface area contributed by atoms with Gasteiger partial charge < -0.3 is 45.1 Å². The number of aliphatic carboxylic acids is 1. The number of anilines is 2. The van der Waals surface area contributed by atoms with Crippen molar-refractivity contribution in [3.8, 4) is 17.2 Å². The number of ether oxygens (including phenoxy) is 3. The summed E-state index contributed by atoms with van der Waals surface area (Å²) >= 11 is 0. The zero-order valence-corrected chi connectivity index (χ0v) is 33.6. The van der Waals surface area contributed by atoms with Crippen LogP contribution >= 0.6 is 24.8 Å². The molecule has 302 valence electrons. The van der Waals surface area contributed by atoms with E-state index in [0.29, 0.717) is 66.6 Å². The molecule has 0 radical (unpaired) electrons. The summed E-state index contributed by atoms with van der Waals surface area (Å²) in [5, 5.41) is 12.0. The second-order valence-corrected chi connectivity index (χ2v) is 13.2. The first-order valence-electron chi connectivity index (χ1n) is 18.3. The van der Waals surface area contributed by atoms with Gasteiger partial charge in [-0.05, 0) is 101 Å². The number of nitrogens with one attached hydrogen (secondary N) is 1. The molecular weight excluding hydrogens is 749 g/mol. The molecule has 0 bridgehead atoms. The predicted octanol–water partition coefficient (Wildman–Crippen LogP) is 6.05. The maximum absolute atomic E-state index is 13.9. The molecule has 0 aromatic heterocycles. The van der Waals surface area contributed by atoms with Crippen LogP contribution in [0.5, 0.6) is 17.2 Å². The smallest absolute Gasteiger partial charge is 0.303 e. The van der Waals surface area contributed by atoms with E-state index in [1.807, 2.05) is 30.0 Å². The van der Waals surface area contributed by atoms with E-state index in [0.717, 1.165) is 51.0 Å². The number of halogens is 2. The number of rotatable bonds is 20. The van der Waals surface area contributed by atoms with Crippen molar-refractivity contribution in [3.05, 3.63) is 77.4 Å². The molecule has 1 heterocycles. The average Bonchev–Trinajstić information content (AvgIpc) is 3.15. The van der Waals surface area contributed by atoms with Crippen molar-refractivity contribution in [2.24, 2.45) is 5.73 Å². The number of amides is 3. The fraction of sp³-hybridized carbons (Fsp3) is 0.450. The summed E-state index contributed by atoms with van der Waals surface area (Å²) in [6.07, 6.45) is 3.70. The molecule has 0 aliphatic carbocycles. The van der Waals surface area contributed by atoms with Crippen molar-refractivity contribution in [2.45, 2.75) is 51.9 Å². The van der Waals surface area contributed by atoms with Gasteiger partial charge in [-0.15, -0.1) is 24.8 Å². The number of nitrogens with two attached hydrogens (primary N) is 1. The van der Waals surface area contributed by atoms with E-state index in [1.54, 1.807) is 43.4 Å². The highest BCUT2D eigenvalue weighted by molar-refractivity contribution is 6.09. The van der Waals surface area contributed by atoms with Crippen LogP contribution in [-0.2, 0) is 9.59 Å². The van der Waals surface area contributed by atoms with Crippen LogP contribution in [0, 0.1) is 6.92 Å². The van der Waals surface area contributed by atoms with Gasteiger partial charge in [0.15, 0.2) is 0 Å². The number of carboxylic acid groups (broad SMARTS) is 1. The minimum atomic E-state index is -0.952. The molecule has 0 spiro atoms. The van der Waals surface area contributed by atoms with E-state index in [2.05, 4.69) is 17.3 Å². The number of carbonyl (C=O) groups excluding carboxylic acids is 3. The van der Waals surface area contributed by atoms with Gasteiger partial charge in [-0.2, -0.15) is 0 Å². The number of aryl methyl sites for hydroxylation is 1. The second kappa shape index (κ2) is 24.1. The molecule has 3 aromatic rings. The van der Waals surface area contributed by atoms with Gasteiger partial charge in [-0.1, -0.05) is 18.2 Å². The maximum atomic E-state index is 13.9. The Morgan fingerprint density at radius 3 is 2.18 bits per heavy atom. The Hall–Kier alpha value is -4.56. The molecule has 1 fully saturated rings. The number of likely N-dealkylation sites (N-methyl/N-ethyl adjacent to an activating group) is 1. The Morgan fingerprint density at radius 2 is 1.45 bits per heavy atom. The molecule has 1 aliphatic heterocycles. The monoisotopic (exact) mass is 803 g/mol. The minimum absolute atomic E-state index is 0. The average molecular weight is 805 g/mol. The molecule has 0 unspecified atom stereocenters. The van der Waals surface area contributed by atoms with Gasteiger partial charge >= 0.3 is 5.97 Å². The summed E-state index contributed by atoms with van der Waals surface area (Å²) in [6.45, 7) is 6.64. The standard InChI is InChI=1S/C40H53N5O8.2ClH/c1-29-15-18-33(36(27-29)53-24-8-4-5-13-37(46)45-22-20-43(2)21-23-45)44(3)40(50)30-16-17-32(35(28-30)52-25-9-14-38(47)48)42-39(49)31-11-6-7-12-34(31)51-26-10-19-41;;/h6-7,11-12,15-18,27-28H,4-5,8-10,13-14,19-26,41H2,1-3H3,(H,42,49)(H,47,48);2*1H. The summed E-state index contributed by atoms with van der Waals surface area (Å²) in [5.74, 6) is -0.337. The Morgan fingerprint density at radius 1 is 0.782 bits per heavy atom. The first-order chi connectivity index (χ1) is 25.6. The number of hydrogen-bond acceptors (Lipinski definition) is 9. The summed E-state index contributed by atoms with van der Waals surface area (Å²) in [6, 6.07) is 17.2. The van der Waals surface area contributed by atoms with Crippen molar-refractivity contribution in [3.63, 3.8) is 0 Å². The van der Waals surface area contributed by atoms with Crippen molar-refractivity contribution in [1.82, 2.24) is 9.80 Å². The van der Waals surface area contributed by atoms with Gasteiger partial charge in [-0.3, -0.25) is 19.2 Å². The highest BCUT2D eigenvalue weighted by Crippen LogP contribution is 2.33. The number of piperazine rings is 1. The number of benzene rings is 3. The third kappa shape index (κ3) is 14.6. The normalized spacial score (nSPS) is 12.5. The molecule has 1 aliphatic rings. The van der Waals surface area contributed by atoms with Gasteiger partial charge in [0.1, 0.15) is 17.2 Å². The fourth-order valence-electron chi connectivity index (χ4n) is 5.79. The molecule has 4 rings (SSSR count). The lowest BCUT2D eigenvalue weighted by atomic mass is 10.1. The minimum Gasteiger partial charge on any atom is -0.493 e. The molecule has 4 N–H and O–H groups in total. The van der Waals surface area contributed by atoms with E-state index < -0.39 is 11.9 Å². The van der Waals surface area contributed by atoms with E-state index in [9.17, 15) is 19.2 Å². The lowest BCUT2D eigenvalue weighted by molar-refractivity contribution is -0.137. The Labute approximate surface area is 336 Å². The first-order valence-corrected chi connectivity index (χ1v) is 18.3. The number of hydrogen-bond donors (Lipinski definition) is 3. The summed E-state index contributed by atoms with van der Waals surface area (Å²) in [7, 11) is 3.73. The zero-order valence-electron chi connectivity index (χ0n) is 31.9. The Kier molecular flexibility index (Phi) is 20.4. The van der Waals surface area contributed by atoms with Crippen LogP contribution in [0.15, 0.2) is 60.7 Å². The number of para-hydroxylation sites is 1. The third-order valence-electron chi connectivity index (χ3n) is 8.94. The van der Waals surface area contributed by atoms with Crippen molar-refractivity contribution >= 4 is 59.9 Å². The van der Waals surface area contributed by atoms with Gasteiger partial charge in [0.2, 0.25) is 5.91 Å². The van der Waals surface area contributed by atoms with E-state index in [4.69, 9.17) is 25.1 Å². The van der Waals surface area contributed by atoms with Crippen LogP contribution < -0.4 is 30.2 Å². The molecule has 55 heavy (non-hydrogen) atoms. The molecule has 15 heteroatoms. The topological polar surface area (TPSA) is 164 Å². The summed E-state index contributed by atoms with van der Waals surface area (Å²) in [5.41, 5.74) is 8.06. The zero-order chi connectivity index (χ0) is 38.2. The number of carbonyl (C=O) groups is 4. The lowest BCUT2D eigenvalue weighted by Crippen LogP contribution is -2.47. The molecule has 13 nitrogen and oxygen atoms in total. The molecular formula is C40H55Cl2N5O8. The molecule has 1 saturated heterocycles. The van der Waals surface area contributed by atoms with Crippen LogP contribution in [0.3, 0.4) is 0 Å². The summed E-state index contributed by atoms with van der Waals surface area (Å²) < 4.78 is 17.9. The molecule has 3 amide bonds. The van der Waals surface area contributed by atoms with Gasteiger partial charge in [0, 0.05) is 51.6 Å². The first kappa shape index (κ1) is 46.6. The van der Waals surface area contributed by atoms with Crippen molar-refractivity contribution in [2.75, 3.05) is 76.9 Å². The largest absolute Gasteiger partial charge is 0.493 e. The van der Waals surface area contributed by atoms with Crippen LogP contribution in [0.4, 0.5) is 11.4 Å². The molecule has 0 saturated carbocycles. The van der Waals surface area contributed by atoms with E-state index in [-0.39, 0.29) is 61.8 Å². The van der Waals surface area contributed by atoms with Crippen LogP contribution in [0.1, 0.15) is 71.2 Å². The van der Waals surface area contributed by atoms with Gasteiger partial charge in [0.05, 0.1) is 36.8 Å². The van der Waals surface area contributed by atoms with Crippen molar-refractivity contribution < 1.29 is 38.5 Å². The molecule has 3 aromatic carbocycles. The fourth-order valence-corrected chi connectivity index (χ4v) is 5.79. The van der Waals surface area contributed by atoms with Crippen LogP contribution in [0.25, 0.3) is 0 Å². The SMILES string of the molecule is Cc1ccc(N(C)C(=O)c2ccc(NC(=O)c3ccccc3OCCCN)c(OCCCC(=O)O)c2)c(OCCCCCC(=O)N2CCN(C)CC2)c1.Cl.Cl. The van der Waals surface area contributed by atoms with Gasteiger partial charge in [-0.25, -0.2) is 0 Å². The van der Waals surface area contributed by atoms with E-state index >= 15 is 0 Å². The molecule has 0 atom stereocenters. The number of unbranched alkanes of at least 4 members (excludes halogenated alkanes) is 2. The van der Waals surface area contributed by atoms with Crippen LogP contribution in [0.2, 0.25) is 0 Å². The highest BCUT2D eigenvalue weighted by atomic mass is 35.5. The Balaban J connectivity index is 0.00000523. The van der Waals surface area contributed by atoms with Crippen LogP contribution in [-0.4, -0.2) is 105 Å². The van der Waals surface area contributed by atoms with Gasteiger partial charge in [0.25, 0.3) is 11.8 Å². The highest BCUT2D eigenvalue weighted by Gasteiger charge is 2.22. The summed E-state index contributed by atoms with van der Waals surface area (Å²) in [4.78, 5) is 56.6. The number of nitrogens with zero attached hydrogens (tertiary/aromatic N) is 3. The number of carboxylic acids is 1. The maximum Gasteiger partial charge on any atom is 0.303 e. The lowest BCUT2D eigenvalue weighted by Gasteiger charge is -2.32. The third-order valence-corrected chi connectivity index (χ3v) is 8.94. The van der Waals surface area contributed by atoms with Crippen molar-refractivity contribution in [1.29, 1.82) is 0 Å². The predicted molar refractivity (Wildman–Crippen MR) is 219 cm³/mol. The Bertz CT molecular complexity index is 1700. The second-order valence-electron chi connectivity index (χ2n) is 13.2. The quantitative estimate of drug-likeness (QED) is 0.115.